The molecule has 0 saturated carbocycles. The van der Waals surface area contributed by atoms with Gasteiger partial charge in [-0.3, -0.25) is 4.79 Å². The molecule has 4 nitrogen and oxygen atoms in total. The van der Waals surface area contributed by atoms with E-state index in [4.69, 9.17) is 5.73 Å². The number of aryl methyl sites for hydroxylation is 2. The van der Waals surface area contributed by atoms with E-state index in [0.717, 1.165) is 27.0 Å². The van der Waals surface area contributed by atoms with E-state index in [1.165, 1.54) is 11.3 Å². The van der Waals surface area contributed by atoms with Gasteiger partial charge in [-0.05, 0) is 19.4 Å². The van der Waals surface area contributed by atoms with Gasteiger partial charge in [0.15, 0.2) is 5.82 Å². The van der Waals surface area contributed by atoms with Crippen LogP contribution in [0.3, 0.4) is 0 Å². The van der Waals surface area contributed by atoms with Crippen molar-refractivity contribution in [2.45, 2.75) is 13.8 Å². The molecule has 0 aliphatic carbocycles. The highest BCUT2D eigenvalue weighted by Crippen LogP contribution is 2.32. The molecule has 3 aromatic rings. The fourth-order valence-corrected chi connectivity index (χ4v) is 3.37. The first-order valence-corrected chi connectivity index (χ1v) is 7.02. The predicted molar refractivity (Wildman–Crippen MR) is 80.8 cm³/mol. The third-order valence-corrected chi connectivity index (χ3v) is 4.43. The lowest BCUT2D eigenvalue weighted by Gasteiger charge is -2.03. The molecule has 2 heterocycles. The molecule has 2 N–H and O–H groups in total. The molecule has 2 aromatic heterocycles. The van der Waals surface area contributed by atoms with Crippen LogP contribution >= 0.6 is 11.3 Å². The second-order valence-corrected chi connectivity index (χ2v) is 5.60. The molecule has 1 aromatic carbocycles. The van der Waals surface area contributed by atoms with Gasteiger partial charge in [-0.25, -0.2) is 9.97 Å². The van der Waals surface area contributed by atoms with Gasteiger partial charge in [-0.15, -0.1) is 11.3 Å². The molecule has 0 bridgehead atoms. The number of hydrogen-bond donors (Lipinski definition) is 1. The second-order valence-electron chi connectivity index (χ2n) is 4.60. The number of primary amides is 1. The number of benzene rings is 1. The van der Waals surface area contributed by atoms with E-state index in [2.05, 4.69) is 9.97 Å². The number of rotatable bonds is 2. The smallest absolute Gasteiger partial charge is 0.259 e. The predicted octanol–water partition coefficient (Wildman–Crippen LogP) is 3.07. The summed E-state index contributed by atoms with van der Waals surface area (Å²) >= 11 is 1.33. The third kappa shape index (κ3) is 1.96. The molecule has 0 spiro atoms. The topological polar surface area (TPSA) is 68.9 Å². The molecule has 3 rings (SSSR count). The van der Waals surface area contributed by atoms with Crippen molar-refractivity contribution < 1.29 is 4.79 Å². The van der Waals surface area contributed by atoms with Crippen LogP contribution in [0, 0.1) is 13.8 Å². The number of carbonyl (C=O) groups excluding carboxylic acids is 1. The summed E-state index contributed by atoms with van der Waals surface area (Å²) in [6.45, 7) is 3.82. The van der Waals surface area contributed by atoms with Crippen molar-refractivity contribution in [1.29, 1.82) is 0 Å². The monoisotopic (exact) mass is 283 g/mol. The van der Waals surface area contributed by atoms with E-state index in [1.54, 1.807) is 0 Å². The highest BCUT2D eigenvalue weighted by atomic mass is 32.1. The molecular weight excluding hydrogens is 270 g/mol. The molecule has 0 aliphatic heterocycles. The summed E-state index contributed by atoms with van der Waals surface area (Å²) in [4.78, 5) is 21.9. The summed E-state index contributed by atoms with van der Waals surface area (Å²) in [6.07, 6.45) is 0. The van der Waals surface area contributed by atoms with Crippen molar-refractivity contribution in [1.82, 2.24) is 9.97 Å². The number of amides is 1. The number of nitrogens with two attached hydrogens (primary N) is 1. The van der Waals surface area contributed by atoms with Crippen LogP contribution in [0.15, 0.2) is 30.3 Å². The SMILES string of the molecule is Cc1nc(-c2ccccc2)nc2sc(C(N)=O)c(C)c12. The van der Waals surface area contributed by atoms with Crippen LogP contribution in [-0.2, 0) is 0 Å². The third-order valence-electron chi connectivity index (χ3n) is 3.23. The fourth-order valence-electron chi connectivity index (χ4n) is 2.29. The molecule has 1 amide bonds. The average Bonchev–Trinajstić information content (AvgIpc) is 2.77. The molecule has 0 atom stereocenters. The summed E-state index contributed by atoms with van der Waals surface area (Å²) in [5.41, 5.74) is 8.10. The van der Waals surface area contributed by atoms with Crippen LogP contribution in [0.1, 0.15) is 20.9 Å². The van der Waals surface area contributed by atoms with Gasteiger partial charge in [0.2, 0.25) is 0 Å². The second kappa shape index (κ2) is 4.68. The van der Waals surface area contributed by atoms with Gasteiger partial charge in [-0.1, -0.05) is 30.3 Å². The Morgan fingerprint density at radius 2 is 1.85 bits per heavy atom. The van der Waals surface area contributed by atoms with E-state index in [9.17, 15) is 4.79 Å². The maximum Gasteiger partial charge on any atom is 0.259 e. The normalized spacial score (nSPS) is 10.9. The van der Waals surface area contributed by atoms with Crippen LogP contribution in [0.5, 0.6) is 0 Å². The van der Waals surface area contributed by atoms with E-state index in [1.807, 2.05) is 44.2 Å². The fraction of sp³-hybridized carbons (Fsp3) is 0.133. The van der Waals surface area contributed by atoms with Crippen LogP contribution < -0.4 is 5.73 Å². The van der Waals surface area contributed by atoms with Gasteiger partial charge in [0.1, 0.15) is 4.83 Å². The Labute approximate surface area is 120 Å². The van der Waals surface area contributed by atoms with Crippen molar-refractivity contribution in [3.8, 4) is 11.4 Å². The molecule has 0 unspecified atom stereocenters. The highest BCUT2D eigenvalue weighted by molar-refractivity contribution is 7.20. The largest absolute Gasteiger partial charge is 0.365 e. The molecule has 0 fully saturated rings. The summed E-state index contributed by atoms with van der Waals surface area (Å²) in [6, 6.07) is 9.79. The summed E-state index contributed by atoms with van der Waals surface area (Å²) in [7, 11) is 0. The summed E-state index contributed by atoms with van der Waals surface area (Å²) in [5, 5.41) is 0.934. The number of hydrogen-bond acceptors (Lipinski definition) is 4. The number of fused-ring (bicyclic) bond motifs is 1. The zero-order valence-corrected chi connectivity index (χ0v) is 12.0. The van der Waals surface area contributed by atoms with E-state index >= 15 is 0 Å². The zero-order chi connectivity index (χ0) is 14.3. The number of aromatic nitrogens is 2. The van der Waals surface area contributed by atoms with Crippen LogP contribution in [0.25, 0.3) is 21.6 Å². The Balaban J connectivity index is 2.28. The quantitative estimate of drug-likeness (QED) is 0.785. The molecule has 0 radical (unpaired) electrons. The summed E-state index contributed by atoms with van der Waals surface area (Å²) < 4.78 is 0. The first-order chi connectivity index (χ1) is 9.58. The van der Waals surface area contributed by atoms with Crippen molar-refractivity contribution >= 4 is 27.5 Å². The average molecular weight is 283 g/mol. The van der Waals surface area contributed by atoms with Crippen LogP contribution in [0.4, 0.5) is 0 Å². The van der Waals surface area contributed by atoms with Gasteiger partial charge in [0, 0.05) is 10.9 Å². The Hall–Kier alpha value is -2.27. The number of thiophene rings is 1. The first kappa shape index (κ1) is 12.7. The molecule has 100 valence electrons. The minimum Gasteiger partial charge on any atom is -0.365 e. The minimum atomic E-state index is -0.411. The Kier molecular flexibility index (Phi) is 2.99. The van der Waals surface area contributed by atoms with Crippen LogP contribution in [0.2, 0.25) is 0 Å². The van der Waals surface area contributed by atoms with Crippen molar-refractivity contribution in [3.05, 3.63) is 46.5 Å². The van der Waals surface area contributed by atoms with Crippen LogP contribution in [-0.4, -0.2) is 15.9 Å². The van der Waals surface area contributed by atoms with Gasteiger partial charge in [-0.2, -0.15) is 0 Å². The maximum absolute atomic E-state index is 11.4. The summed E-state index contributed by atoms with van der Waals surface area (Å²) in [5.74, 6) is 0.263. The van der Waals surface area contributed by atoms with E-state index < -0.39 is 5.91 Å². The minimum absolute atomic E-state index is 0.411. The number of carbonyl (C=O) groups is 1. The van der Waals surface area contributed by atoms with Gasteiger partial charge in [0.25, 0.3) is 5.91 Å². The zero-order valence-electron chi connectivity index (χ0n) is 11.2. The standard InChI is InChI=1S/C15H13N3OS/c1-8-11-9(2)17-14(10-6-4-3-5-7-10)18-15(11)20-12(8)13(16)19/h3-7H,1-2H3,(H2,16,19). The molecule has 20 heavy (non-hydrogen) atoms. The van der Waals surface area contributed by atoms with Gasteiger partial charge >= 0.3 is 0 Å². The van der Waals surface area contributed by atoms with Gasteiger partial charge in [0.05, 0.1) is 10.6 Å². The van der Waals surface area contributed by atoms with Crippen molar-refractivity contribution in [2.24, 2.45) is 5.73 Å². The van der Waals surface area contributed by atoms with E-state index in [0.29, 0.717) is 10.7 Å². The highest BCUT2D eigenvalue weighted by Gasteiger charge is 2.17. The molecule has 0 saturated heterocycles. The lowest BCUT2D eigenvalue weighted by atomic mass is 10.1. The number of nitrogens with zero attached hydrogens (tertiary/aromatic N) is 2. The van der Waals surface area contributed by atoms with Gasteiger partial charge < -0.3 is 5.73 Å². The molecule has 5 heteroatoms. The maximum atomic E-state index is 11.4. The Morgan fingerprint density at radius 3 is 2.50 bits per heavy atom. The van der Waals surface area contributed by atoms with Crippen molar-refractivity contribution in [3.63, 3.8) is 0 Å². The Morgan fingerprint density at radius 1 is 1.15 bits per heavy atom. The Bertz CT molecular complexity index is 809. The molecular formula is C15H13N3OS. The molecule has 0 aliphatic rings. The van der Waals surface area contributed by atoms with Crippen molar-refractivity contribution in [2.75, 3.05) is 0 Å². The lowest BCUT2D eigenvalue weighted by molar-refractivity contribution is 0.100. The lowest BCUT2D eigenvalue weighted by Crippen LogP contribution is -2.09. The van der Waals surface area contributed by atoms with E-state index in [-0.39, 0.29) is 0 Å². The first-order valence-electron chi connectivity index (χ1n) is 6.21.